The van der Waals surface area contributed by atoms with Gasteiger partial charge in [0.15, 0.2) is 5.58 Å². The molecule has 0 bridgehead atoms. The highest BCUT2D eigenvalue weighted by Crippen LogP contribution is 2.56. The topological polar surface area (TPSA) is 52.1 Å². The van der Waals surface area contributed by atoms with E-state index in [9.17, 15) is 0 Å². The molecule has 0 amide bonds. The Morgan fingerprint density at radius 3 is 2.41 bits per heavy atom. The van der Waals surface area contributed by atoms with E-state index in [1.807, 2.05) is 24.3 Å². The van der Waals surface area contributed by atoms with Crippen LogP contribution in [0.2, 0.25) is 0 Å². The summed E-state index contributed by atoms with van der Waals surface area (Å²) in [6.45, 7) is 9.03. The van der Waals surface area contributed by atoms with E-state index in [4.69, 9.17) is 13.8 Å². The molecule has 0 N–H and O–H groups in total. The minimum absolute atomic E-state index is 0.259. The number of rotatable bonds is 2. The minimum atomic E-state index is -0.259. The maximum Gasteiger partial charge on any atom is 0.180 e. The number of fused-ring (bicyclic) bond motifs is 8. The van der Waals surface area contributed by atoms with Crippen molar-refractivity contribution >= 4 is 33.0 Å². The van der Waals surface area contributed by atoms with Crippen molar-refractivity contribution in [2.75, 3.05) is 0 Å². The molecule has 1 aliphatic carbocycles. The van der Waals surface area contributed by atoms with E-state index in [-0.39, 0.29) is 5.41 Å². The smallest absolute Gasteiger partial charge is 0.180 e. The van der Waals surface area contributed by atoms with Gasteiger partial charge in [-0.25, -0.2) is 9.97 Å². The predicted molar refractivity (Wildman–Crippen MR) is 136 cm³/mol. The molecule has 1 aliphatic rings. The molecular weight excluding hydrogens is 420 g/mol. The highest BCUT2D eigenvalue weighted by Gasteiger charge is 2.42. The normalized spacial score (nSPS) is 14.4. The molecular formula is C30H24N2O2. The molecule has 0 spiro atoms. The van der Waals surface area contributed by atoms with E-state index in [2.05, 4.69) is 69.1 Å². The van der Waals surface area contributed by atoms with E-state index in [1.54, 1.807) is 6.33 Å². The van der Waals surface area contributed by atoms with Gasteiger partial charge in [0, 0.05) is 32.9 Å². The van der Waals surface area contributed by atoms with Gasteiger partial charge in [0.2, 0.25) is 0 Å². The minimum Gasteiger partial charge on any atom is -0.456 e. The molecule has 0 fully saturated rings. The summed E-state index contributed by atoms with van der Waals surface area (Å²) in [5.41, 5.74) is 9.89. The largest absolute Gasteiger partial charge is 0.456 e. The Bertz CT molecular complexity index is 1770. The van der Waals surface area contributed by atoms with Crippen molar-refractivity contribution in [1.82, 2.24) is 9.97 Å². The zero-order valence-corrected chi connectivity index (χ0v) is 19.6. The fourth-order valence-corrected chi connectivity index (χ4v) is 5.74. The Kier molecular flexibility index (Phi) is 3.78. The molecule has 3 aromatic heterocycles. The van der Waals surface area contributed by atoms with Gasteiger partial charge in [-0.2, -0.15) is 0 Å². The molecule has 7 rings (SSSR count). The van der Waals surface area contributed by atoms with Gasteiger partial charge in [0.1, 0.15) is 34.5 Å². The summed E-state index contributed by atoms with van der Waals surface area (Å²) < 4.78 is 12.8. The van der Waals surface area contributed by atoms with Gasteiger partial charge < -0.3 is 8.83 Å². The highest BCUT2D eigenvalue weighted by atomic mass is 16.3. The summed E-state index contributed by atoms with van der Waals surface area (Å²) in [5.74, 6) is 1.42. The number of aromatic nitrogens is 2. The van der Waals surface area contributed by atoms with Gasteiger partial charge in [0.25, 0.3) is 0 Å². The second-order valence-electron chi connectivity index (χ2n) is 10.1. The molecule has 34 heavy (non-hydrogen) atoms. The van der Waals surface area contributed by atoms with Crippen molar-refractivity contribution in [2.45, 2.75) is 39.0 Å². The molecule has 4 nitrogen and oxygen atoms in total. The van der Waals surface area contributed by atoms with E-state index in [1.165, 1.54) is 22.1 Å². The molecule has 4 heteroatoms. The first-order chi connectivity index (χ1) is 16.4. The monoisotopic (exact) mass is 444 g/mol. The van der Waals surface area contributed by atoms with Crippen LogP contribution >= 0.6 is 0 Å². The maximum atomic E-state index is 6.48. The third-order valence-electron chi connectivity index (χ3n) is 7.35. The first kappa shape index (κ1) is 19.5. The number of para-hydroxylation sites is 1. The lowest BCUT2D eigenvalue weighted by Gasteiger charge is -2.24. The van der Waals surface area contributed by atoms with Gasteiger partial charge in [-0.1, -0.05) is 64.1 Å². The van der Waals surface area contributed by atoms with E-state index < -0.39 is 0 Å². The predicted octanol–water partition coefficient (Wildman–Crippen LogP) is 8.22. The van der Waals surface area contributed by atoms with Crippen molar-refractivity contribution in [3.05, 3.63) is 83.7 Å². The quantitative estimate of drug-likeness (QED) is 0.270. The number of furan rings is 2. The Morgan fingerprint density at radius 1 is 0.765 bits per heavy atom. The van der Waals surface area contributed by atoms with Crippen LogP contribution in [0.1, 0.15) is 50.3 Å². The Labute approximate surface area is 197 Å². The van der Waals surface area contributed by atoms with Crippen LogP contribution in [0, 0.1) is 0 Å². The molecule has 0 unspecified atom stereocenters. The lowest BCUT2D eigenvalue weighted by molar-refractivity contribution is 0.619. The van der Waals surface area contributed by atoms with Crippen LogP contribution in [0.15, 0.2) is 75.8 Å². The summed E-state index contributed by atoms with van der Waals surface area (Å²) >= 11 is 0. The third-order valence-corrected chi connectivity index (χ3v) is 7.35. The lowest BCUT2D eigenvalue weighted by atomic mass is 9.78. The zero-order valence-electron chi connectivity index (χ0n) is 19.6. The molecule has 3 aromatic carbocycles. The van der Waals surface area contributed by atoms with Crippen molar-refractivity contribution in [3.8, 4) is 22.6 Å². The van der Waals surface area contributed by atoms with Crippen LogP contribution in [-0.2, 0) is 5.41 Å². The number of nitrogens with zero attached hydrogens (tertiary/aromatic N) is 2. The highest BCUT2D eigenvalue weighted by molar-refractivity contribution is 6.07. The van der Waals surface area contributed by atoms with Gasteiger partial charge in [-0.05, 0) is 41.3 Å². The van der Waals surface area contributed by atoms with Crippen molar-refractivity contribution in [1.29, 1.82) is 0 Å². The van der Waals surface area contributed by atoms with E-state index >= 15 is 0 Å². The fraction of sp³-hybridized carbons (Fsp3) is 0.200. The molecule has 0 aliphatic heterocycles. The number of hydrogen-bond acceptors (Lipinski definition) is 4. The third kappa shape index (κ3) is 2.43. The number of benzene rings is 3. The first-order valence-corrected chi connectivity index (χ1v) is 11.8. The molecule has 0 atom stereocenters. The number of hydrogen-bond donors (Lipinski definition) is 0. The van der Waals surface area contributed by atoms with Crippen LogP contribution in [0.25, 0.3) is 55.6 Å². The first-order valence-electron chi connectivity index (χ1n) is 11.8. The average Bonchev–Trinajstić information content (AvgIpc) is 3.47. The molecule has 0 saturated carbocycles. The van der Waals surface area contributed by atoms with Crippen molar-refractivity contribution < 1.29 is 8.83 Å². The van der Waals surface area contributed by atoms with Crippen molar-refractivity contribution in [3.63, 3.8) is 0 Å². The van der Waals surface area contributed by atoms with E-state index in [0.29, 0.717) is 5.92 Å². The van der Waals surface area contributed by atoms with Gasteiger partial charge >= 0.3 is 0 Å². The summed E-state index contributed by atoms with van der Waals surface area (Å²) in [4.78, 5) is 9.29. The van der Waals surface area contributed by atoms with Crippen LogP contribution in [0.4, 0.5) is 0 Å². The summed E-state index contributed by atoms with van der Waals surface area (Å²) in [7, 11) is 0. The van der Waals surface area contributed by atoms with Crippen LogP contribution < -0.4 is 0 Å². The van der Waals surface area contributed by atoms with Crippen LogP contribution in [0.3, 0.4) is 0 Å². The Hall–Kier alpha value is -3.92. The molecule has 166 valence electrons. The second-order valence-corrected chi connectivity index (χ2v) is 10.1. The molecule has 0 radical (unpaired) electrons. The summed E-state index contributed by atoms with van der Waals surface area (Å²) in [6.07, 6.45) is 1.64. The lowest BCUT2D eigenvalue weighted by Crippen LogP contribution is -2.16. The zero-order chi connectivity index (χ0) is 23.2. The molecule has 3 heterocycles. The van der Waals surface area contributed by atoms with Gasteiger partial charge in [-0.15, -0.1) is 0 Å². The summed E-state index contributed by atoms with van der Waals surface area (Å²) in [5, 5.41) is 2.21. The second kappa shape index (κ2) is 6.57. The SMILES string of the molecule is CC(C)c1ccc2oc3c(c2c1)C(C)(C)c1c-3cccc1-c1ncnc2c1oc1ccccc12. The van der Waals surface area contributed by atoms with Gasteiger partial charge in [-0.3, -0.25) is 0 Å². The molecule has 0 saturated heterocycles. The van der Waals surface area contributed by atoms with Crippen LogP contribution in [-0.4, -0.2) is 9.97 Å². The van der Waals surface area contributed by atoms with Crippen LogP contribution in [0.5, 0.6) is 0 Å². The Morgan fingerprint density at radius 2 is 1.56 bits per heavy atom. The average molecular weight is 445 g/mol. The van der Waals surface area contributed by atoms with E-state index in [0.717, 1.165) is 50.2 Å². The maximum absolute atomic E-state index is 6.48. The summed E-state index contributed by atoms with van der Waals surface area (Å²) in [6, 6.07) is 21.0. The Balaban J connectivity index is 1.53. The van der Waals surface area contributed by atoms with Crippen molar-refractivity contribution in [2.24, 2.45) is 0 Å². The standard InChI is InChI=1S/C30H24N2O2/c1-16(2)17-12-13-23-21(14-17)25-28(33-23)20-10-7-9-19(24(20)30(25,3)4)27-29-26(31-15-32-27)18-8-5-6-11-22(18)34-29/h5-16H,1-4H3. The fourth-order valence-electron chi connectivity index (χ4n) is 5.74. The molecule has 6 aromatic rings. The van der Waals surface area contributed by atoms with Gasteiger partial charge in [0.05, 0.1) is 0 Å².